The van der Waals surface area contributed by atoms with Gasteiger partial charge in [-0.15, -0.1) is 0 Å². The molecule has 3 aromatic carbocycles. The lowest BCUT2D eigenvalue weighted by Crippen LogP contribution is -2.20. The number of nitrogens with zero attached hydrogens (tertiary/aromatic N) is 1. The van der Waals surface area contributed by atoms with E-state index in [-0.39, 0.29) is 18.1 Å². The average Bonchev–Trinajstić information content (AvgIpc) is 2.80. The summed E-state index contributed by atoms with van der Waals surface area (Å²) in [6.07, 6.45) is 1.41. The molecule has 2 amide bonds. The molecule has 0 heterocycles. The molecule has 0 fully saturated rings. The van der Waals surface area contributed by atoms with Crippen LogP contribution >= 0.6 is 15.9 Å². The second kappa shape index (κ2) is 11.1. The minimum atomic E-state index is -0.617. The van der Waals surface area contributed by atoms with E-state index in [9.17, 15) is 19.2 Å². The number of rotatable bonds is 7. The lowest BCUT2D eigenvalue weighted by atomic mass is 10.1. The van der Waals surface area contributed by atoms with Gasteiger partial charge in [-0.25, -0.2) is 4.39 Å². The van der Waals surface area contributed by atoms with E-state index in [1.807, 2.05) is 37.3 Å². The van der Waals surface area contributed by atoms with Crippen molar-refractivity contribution in [3.63, 3.8) is 0 Å². The highest BCUT2D eigenvalue weighted by Gasteiger charge is 2.12. The number of anilines is 2. The number of benzene rings is 3. The number of hydrogen-bond donors (Lipinski definition) is 2. The number of nitriles is 1. The van der Waals surface area contributed by atoms with Gasteiger partial charge in [0.15, 0.2) is 6.61 Å². The van der Waals surface area contributed by atoms with Crippen LogP contribution in [0.2, 0.25) is 0 Å². The Hall–Kier alpha value is -3.96. The molecule has 6 nitrogen and oxygen atoms in total. The molecule has 0 aromatic heterocycles. The number of carbonyl (C=O) groups excluding carboxylic acids is 2. The Bertz CT molecular complexity index is 1250. The van der Waals surface area contributed by atoms with Crippen LogP contribution in [0.15, 0.2) is 76.8 Å². The van der Waals surface area contributed by atoms with Gasteiger partial charge in [-0.05, 0) is 82.5 Å². The topological polar surface area (TPSA) is 91.2 Å². The third-order valence-corrected chi connectivity index (χ3v) is 5.13. The van der Waals surface area contributed by atoms with Gasteiger partial charge in [0.1, 0.15) is 23.2 Å². The maximum absolute atomic E-state index is 13.0. The lowest BCUT2D eigenvalue weighted by Gasteiger charge is -2.11. The molecule has 8 heteroatoms. The van der Waals surface area contributed by atoms with Crippen molar-refractivity contribution in [3.05, 3.63) is 93.7 Å². The summed E-state index contributed by atoms with van der Waals surface area (Å²) in [5.74, 6) is -0.914. The van der Waals surface area contributed by atoms with Crippen LogP contribution in [0.4, 0.5) is 15.8 Å². The molecular weight excluding hydrogens is 489 g/mol. The predicted octanol–water partition coefficient (Wildman–Crippen LogP) is 5.46. The minimum absolute atomic E-state index is 0.127. The third-order valence-electron chi connectivity index (χ3n) is 4.51. The number of halogens is 2. The average molecular weight is 508 g/mol. The first-order valence-electron chi connectivity index (χ1n) is 9.82. The molecule has 33 heavy (non-hydrogen) atoms. The van der Waals surface area contributed by atoms with Crippen molar-refractivity contribution in [2.75, 3.05) is 17.2 Å². The number of nitrogens with one attached hydrogen (secondary N) is 2. The first-order valence-corrected chi connectivity index (χ1v) is 10.6. The Balaban J connectivity index is 1.63. The maximum Gasteiger partial charge on any atom is 0.266 e. The van der Waals surface area contributed by atoms with Gasteiger partial charge in [-0.2, -0.15) is 5.26 Å². The quantitative estimate of drug-likeness (QED) is 0.328. The zero-order valence-corrected chi connectivity index (χ0v) is 19.1. The Kier molecular flexibility index (Phi) is 7.95. The zero-order chi connectivity index (χ0) is 23.8. The summed E-state index contributed by atoms with van der Waals surface area (Å²) in [6, 6.07) is 19.5. The molecule has 0 atom stereocenters. The van der Waals surface area contributed by atoms with Crippen molar-refractivity contribution in [1.29, 1.82) is 5.26 Å². The van der Waals surface area contributed by atoms with Crippen LogP contribution in [0.25, 0.3) is 6.08 Å². The summed E-state index contributed by atoms with van der Waals surface area (Å²) in [6.45, 7) is 1.71. The number of aryl methyl sites for hydroxylation is 1. The summed E-state index contributed by atoms with van der Waals surface area (Å²) in [4.78, 5) is 24.5. The fourth-order valence-electron chi connectivity index (χ4n) is 2.81. The van der Waals surface area contributed by atoms with E-state index in [2.05, 4.69) is 26.6 Å². The van der Waals surface area contributed by atoms with Crippen LogP contribution in [0.3, 0.4) is 0 Å². The molecule has 0 spiro atoms. The Labute approximate surface area is 198 Å². The number of carbonyl (C=O) groups is 2. The second-order valence-corrected chi connectivity index (χ2v) is 7.83. The van der Waals surface area contributed by atoms with Gasteiger partial charge in [0.05, 0.1) is 4.47 Å². The maximum atomic E-state index is 13.0. The van der Waals surface area contributed by atoms with Crippen molar-refractivity contribution < 1.29 is 18.7 Å². The van der Waals surface area contributed by atoms with Gasteiger partial charge in [0, 0.05) is 11.4 Å². The third kappa shape index (κ3) is 6.76. The Morgan fingerprint density at radius 2 is 1.82 bits per heavy atom. The first-order chi connectivity index (χ1) is 15.9. The van der Waals surface area contributed by atoms with E-state index in [0.717, 1.165) is 5.56 Å². The van der Waals surface area contributed by atoms with Crippen LogP contribution in [0.5, 0.6) is 5.75 Å². The smallest absolute Gasteiger partial charge is 0.266 e. The van der Waals surface area contributed by atoms with Gasteiger partial charge in [-0.3, -0.25) is 9.59 Å². The highest BCUT2D eigenvalue weighted by Crippen LogP contribution is 2.27. The second-order valence-electron chi connectivity index (χ2n) is 6.97. The largest absolute Gasteiger partial charge is 0.483 e. The van der Waals surface area contributed by atoms with E-state index in [0.29, 0.717) is 27.2 Å². The van der Waals surface area contributed by atoms with Gasteiger partial charge in [0.2, 0.25) is 0 Å². The van der Waals surface area contributed by atoms with Crippen molar-refractivity contribution in [2.45, 2.75) is 6.92 Å². The van der Waals surface area contributed by atoms with Gasteiger partial charge in [-0.1, -0.05) is 24.3 Å². The van der Waals surface area contributed by atoms with Gasteiger partial charge < -0.3 is 15.4 Å². The lowest BCUT2D eigenvalue weighted by molar-refractivity contribution is -0.118. The Morgan fingerprint density at radius 1 is 1.09 bits per heavy atom. The van der Waals surface area contributed by atoms with E-state index >= 15 is 0 Å². The SMILES string of the molecule is Cc1ccccc1NC(=O)COc1ccc(/C=C(\C#N)C(=O)Nc2ccc(F)cc2)cc1Br. The molecule has 0 aliphatic heterocycles. The van der Waals surface area contributed by atoms with E-state index in [1.54, 1.807) is 18.2 Å². The number of hydrogen-bond acceptors (Lipinski definition) is 4. The molecule has 0 saturated heterocycles. The molecule has 0 bridgehead atoms. The van der Waals surface area contributed by atoms with Crippen molar-refractivity contribution in [3.8, 4) is 11.8 Å². The van der Waals surface area contributed by atoms with Crippen LogP contribution in [0.1, 0.15) is 11.1 Å². The minimum Gasteiger partial charge on any atom is -0.483 e. The molecule has 166 valence electrons. The number of ether oxygens (including phenoxy) is 1. The molecule has 0 unspecified atom stereocenters. The van der Waals surface area contributed by atoms with Crippen LogP contribution < -0.4 is 15.4 Å². The standard InChI is InChI=1S/C25H19BrFN3O3/c1-16-4-2-3-5-22(16)30-24(31)15-33-23-11-6-17(13-21(23)26)12-18(14-28)25(32)29-20-9-7-19(27)8-10-20/h2-13H,15H2,1H3,(H,29,32)(H,30,31)/b18-12+. The van der Waals surface area contributed by atoms with Crippen LogP contribution in [-0.2, 0) is 9.59 Å². The molecule has 2 N–H and O–H groups in total. The van der Waals surface area contributed by atoms with Crippen molar-refractivity contribution >= 4 is 45.2 Å². The monoisotopic (exact) mass is 507 g/mol. The van der Waals surface area contributed by atoms with Crippen LogP contribution in [0, 0.1) is 24.1 Å². The van der Waals surface area contributed by atoms with E-state index in [1.165, 1.54) is 30.3 Å². The summed E-state index contributed by atoms with van der Waals surface area (Å²) in [7, 11) is 0. The summed E-state index contributed by atoms with van der Waals surface area (Å²) >= 11 is 3.38. The molecule has 0 saturated carbocycles. The zero-order valence-electron chi connectivity index (χ0n) is 17.6. The summed E-state index contributed by atoms with van der Waals surface area (Å²) < 4.78 is 19.1. The van der Waals surface area contributed by atoms with Gasteiger partial charge >= 0.3 is 0 Å². The number of para-hydroxylation sites is 1. The molecule has 3 aromatic rings. The normalized spacial score (nSPS) is 10.8. The van der Waals surface area contributed by atoms with Crippen LogP contribution in [-0.4, -0.2) is 18.4 Å². The molecule has 0 aliphatic rings. The Morgan fingerprint density at radius 3 is 2.48 bits per heavy atom. The first kappa shape index (κ1) is 23.7. The highest BCUT2D eigenvalue weighted by molar-refractivity contribution is 9.10. The summed E-state index contributed by atoms with van der Waals surface area (Å²) in [5, 5.41) is 14.7. The van der Waals surface area contributed by atoms with Gasteiger partial charge in [0.25, 0.3) is 11.8 Å². The molecule has 3 rings (SSSR count). The van der Waals surface area contributed by atoms with Crippen molar-refractivity contribution in [2.24, 2.45) is 0 Å². The molecular formula is C25H19BrFN3O3. The molecule has 0 aliphatic carbocycles. The molecule has 0 radical (unpaired) electrons. The fourth-order valence-corrected chi connectivity index (χ4v) is 3.32. The fraction of sp³-hybridized carbons (Fsp3) is 0.0800. The summed E-state index contributed by atoms with van der Waals surface area (Å²) in [5.41, 5.74) is 2.48. The van der Waals surface area contributed by atoms with E-state index < -0.39 is 11.7 Å². The highest BCUT2D eigenvalue weighted by atomic mass is 79.9. The van der Waals surface area contributed by atoms with Crippen molar-refractivity contribution in [1.82, 2.24) is 0 Å². The van der Waals surface area contributed by atoms with E-state index in [4.69, 9.17) is 4.74 Å². The number of amides is 2. The predicted molar refractivity (Wildman–Crippen MR) is 128 cm³/mol.